The van der Waals surface area contributed by atoms with E-state index in [0.717, 1.165) is 37.5 Å². The molecular weight excluding hydrogens is 424 g/mol. The fourth-order valence-electron chi connectivity index (χ4n) is 3.59. The summed E-state index contributed by atoms with van der Waals surface area (Å²) in [5, 5.41) is 3.35. The van der Waals surface area contributed by atoms with Crippen molar-refractivity contribution >= 4 is 23.3 Å². The monoisotopic (exact) mass is 441 g/mol. The number of hydrogen-bond acceptors (Lipinski definition) is 4. The van der Waals surface area contributed by atoms with Gasteiger partial charge in [0.1, 0.15) is 16.8 Å². The fraction of sp³-hybridized carbons (Fsp3) is 0.217. The van der Waals surface area contributed by atoms with Crippen LogP contribution in [-0.4, -0.2) is 21.7 Å². The number of halogens is 3. The molecule has 8 heteroatoms. The van der Waals surface area contributed by atoms with Crippen LogP contribution in [0.2, 0.25) is 5.15 Å². The molecule has 1 aliphatic rings. The molecule has 0 bridgehead atoms. The molecule has 1 N–H and O–H groups in total. The molecule has 1 aliphatic carbocycles. The van der Waals surface area contributed by atoms with E-state index in [-0.39, 0.29) is 17.9 Å². The van der Waals surface area contributed by atoms with Crippen LogP contribution in [0.3, 0.4) is 0 Å². The summed E-state index contributed by atoms with van der Waals surface area (Å²) in [4.78, 5) is 33.4. The van der Waals surface area contributed by atoms with Crippen molar-refractivity contribution in [2.24, 2.45) is 0 Å². The number of ketones is 1. The van der Waals surface area contributed by atoms with Gasteiger partial charge in [0.25, 0.3) is 5.91 Å². The Balaban J connectivity index is 1.47. The second-order valence-electron chi connectivity index (χ2n) is 7.57. The molecular formula is C23H18ClF2N3O2. The molecule has 0 atom stereocenters. The SMILES string of the molecule is O=C(Cc1ccc(C2(NC(=O)c3ccc(Cl)nc3)CCC2)nc1)c1cc(F)cc(F)c1. The van der Waals surface area contributed by atoms with E-state index in [9.17, 15) is 18.4 Å². The Bertz CT molecular complexity index is 1110. The zero-order valence-electron chi connectivity index (χ0n) is 16.4. The van der Waals surface area contributed by atoms with Crippen molar-refractivity contribution in [2.75, 3.05) is 0 Å². The second-order valence-corrected chi connectivity index (χ2v) is 7.96. The fourth-order valence-corrected chi connectivity index (χ4v) is 3.70. The molecule has 0 aliphatic heterocycles. The molecule has 31 heavy (non-hydrogen) atoms. The van der Waals surface area contributed by atoms with Gasteiger partial charge in [-0.1, -0.05) is 17.7 Å². The number of nitrogens with zero attached hydrogens (tertiary/aromatic N) is 2. The van der Waals surface area contributed by atoms with E-state index in [1.165, 1.54) is 6.20 Å². The normalized spacial score (nSPS) is 14.5. The smallest absolute Gasteiger partial charge is 0.253 e. The van der Waals surface area contributed by atoms with Crippen LogP contribution in [0.15, 0.2) is 54.9 Å². The standard InChI is InChI=1S/C23H18ClF2N3O2/c24-21-5-3-15(13-28-21)22(31)29-23(6-1-7-23)20-4-2-14(12-27-20)8-19(30)16-9-17(25)11-18(26)10-16/h2-5,9-13H,1,6-8H2,(H,29,31). The predicted molar refractivity (Wildman–Crippen MR) is 111 cm³/mol. The molecule has 1 aromatic carbocycles. The Hall–Kier alpha value is -3.19. The first-order chi connectivity index (χ1) is 14.8. The van der Waals surface area contributed by atoms with Gasteiger partial charge in [-0.15, -0.1) is 0 Å². The molecule has 1 fully saturated rings. The van der Waals surface area contributed by atoms with Gasteiger partial charge in [-0.05, 0) is 55.2 Å². The van der Waals surface area contributed by atoms with Gasteiger partial charge >= 0.3 is 0 Å². The summed E-state index contributed by atoms with van der Waals surface area (Å²) in [5.41, 5.74) is 1.11. The van der Waals surface area contributed by atoms with E-state index >= 15 is 0 Å². The predicted octanol–water partition coefficient (Wildman–Crippen LogP) is 4.64. The van der Waals surface area contributed by atoms with Crippen LogP contribution in [0.4, 0.5) is 8.78 Å². The molecule has 1 amide bonds. The summed E-state index contributed by atoms with van der Waals surface area (Å²) >= 11 is 5.78. The van der Waals surface area contributed by atoms with Crippen molar-refractivity contribution in [3.05, 3.63) is 94.0 Å². The minimum absolute atomic E-state index is 0.0270. The maximum absolute atomic E-state index is 13.4. The zero-order valence-corrected chi connectivity index (χ0v) is 17.1. The van der Waals surface area contributed by atoms with E-state index in [2.05, 4.69) is 15.3 Å². The topological polar surface area (TPSA) is 72.0 Å². The number of nitrogens with one attached hydrogen (secondary N) is 1. The summed E-state index contributed by atoms with van der Waals surface area (Å²) in [5.74, 6) is -2.27. The summed E-state index contributed by atoms with van der Waals surface area (Å²) in [6.45, 7) is 0. The first-order valence-electron chi connectivity index (χ1n) is 9.73. The number of carbonyl (C=O) groups excluding carboxylic acids is 2. The van der Waals surface area contributed by atoms with Crippen molar-refractivity contribution < 1.29 is 18.4 Å². The molecule has 2 heterocycles. The highest BCUT2D eigenvalue weighted by Gasteiger charge is 2.41. The Morgan fingerprint density at radius 1 is 0.968 bits per heavy atom. The lowest BCUT2D eigenvalue weighted by molar-refractivity contribution is 0.0816. The number of pyridine rings is 2. The van der Waals surface area contributed by atoms with Crippen molar-refractivity contribution in [2.45, 2.75) is 31.2 Å². The lowest BCUT2D eigenvalue weighted by Crippen LogP contribution is -2.51. The number of hydrogen-bond donors (Lipinski definition) is 1. The molecule has 3 aromatic rings. The Morgan fingerprint density at radius 3 is 2.26 bits per heavy atom. The van der Waals surface area contributed by atoms with Gasteiger partial charge in [-0.25, -0.2) is 13.8 Å². The van der Waals surface area contributed by atoms with Crippen molar-refractivity contribution in [1.82, 2.24) is 15.3 Å². The van der Waals surface area contributed by atoms with Gasteiger partial charge in [0.05, 0.1) is 16.8 Å². The Kier molecular flexibility index (Phi) is 5.78. The zero-order chi connectivity index (χ0) is 22.0. The summed E-state index contributed by atoms with van der Waals surface area (Å²) < 4.78 is 26.7. The van der Waals surface area contributed by atoms with E-state index in [0.29, 0.717) is 22.0 Å². The molecule has 158 valence electrons. The van der Waals surface area contributed by atoms with Crippen molar-refractivity contribution in [1.29, 1.82) is 0 Å². The quantitative estimate of drug-likeness (QED) is 0.446. The molecule has 0 radical (unpaired) electrons. The number of amides is 1. The van der Waals surface area contributed by atoms with E-state index < -0.39 is 23.0 Å². The molecule has 1 saturated carbocycles. The van der Waals surface area contributed by atoms with Gasteiger partial charge < -0.3 is 5.32 Å². The van der Waals surface area contributed by atoms with Gasteiger partial charge in [0.2, 0.25) is 0 Å². The number of carbonyl (C=O) groups is 2. The lowest BCUT2D eigenvalue weighted by atomic mass is 9.73. The Morgan fingerprint density at radius 2 is 1.71 bits per heavy atom. The van der Waals surface area contributed by atoms with Gasteiger partial charge in [-0.2, -0.15) is 0 Å². The summed E-state index contributed by atoms with van der Waals surface area (Å²) in [6.07, 6.45) is 5.37. The van der Waals surface area contributed by atoms with Crippen LogP contribution in [-0.2, 0) is 12.0 Å². The largest absolute Gasteiger partial charge is 0.341 e. The highest BCUT2D eigenvalue weighted by Crippen LogP contribution is 2.40. The average molecular weight is 442 g/mol. The third-order valence-electron chi connectivity index (χ3n) is 5.41. The van der Waals surface area contributed by atoms with Crippen LogP contribution in [0, 0.1) is 11.6 Å². The molecule has 0 spiro atoms. The van der Waals surface area contributed by atoms with Crippen LogP contribution >= 0.6 is 11.6 Å². The summed E-state index contributed by atoms with van der Waals surface area (Å²) in [7, 11) is 0. The maximum atomic E-state index is 13.4. The van der Waals surface area contributed by atoms with E-state index in [1.807, 2.05) is 0 Å². The minimum atomic E-state index is -0.796. The number of benzene rings is 1. The molecule has 0 unspecified atom stereocenters. The third kappa shape index (κ3) is 4.61. The average Bonchev–Trinajstić information content (AvgIpc) is 2.71. The van der Waals surface area contributed by atoms with E-state index in [4.69, 9.17) is 11.6 Å². The van der Waals surface area contributed by atoms with Gasteiger partial charge in [0.15, 0.2) is 5.78 Å². The number of rotatable bonds is 6. The van der Waals surface area contributed by atoms with Gasteiger partial charge in [0, 0.05) is 30.4 Å². The highest BCUT2D eigenvalue weighted by molar-refractivity contribution is 6.29. The van der Waals surface area contributed by atoms with Gasteiger partial charge in [-0.3, -0.25) is 14.6 Å². The molecule has 0 saturated heterocycles. The van der Waals surface area contributed by atoms with E-state index in [1.54, 1.807) is 30.5 Å². The lowest BCUT2D eigenvalue weighted by Gasteiger charge is -2.42. The number of aromatic nitrogens is 2. The van der Waals surface area contributed by atoms with Crippen LogP contribution in [0.25, 0.3) is 0 Å². The summed E-state index contributed by atoms with van der Waals surface area (Å²) in [6, 6.07) is 9.42. The highest BCUT2D eigenvalue weighted by atomic mass is 35.5. The number of Topliss-reactive ketones (excluding diaryl/α,β-unsaturated/α-hetero) is 1. The minimum Gasteiger partial charge on any atom is -0.341 e. The molecule has 2 aromatic heterocycles. The first-order valence-corrected chi connectivity index (χ1v) is 10.1. The maximum Gasteiger partial charge on any atom is 0.253 e. The third-order valence-corrected chi connectivity index (χ3v) is 5.64. The van der Waals surface area contributed by atoms with Crippen LogP contribution in [0.5, 0.6) is 0 Å². The Labute approximate surface area is 182 Å². The van der Waals surface area contributed by atoms with Crippen molar-refractivity contribution in [3.63, 3.8) is 0 Å². The van der Waals surface area contributed by atoms with Crippen LogP contribution in [0.1, 0.15) is 51.2 Å². The second kappa shape index (κ2) is 8.51. The van der Waals surface area contributed by atoms with Crippen molar-refractivity contribution in [3.8, 4) is 0 Å². The molecule has 4 rings (SSSR count). The van der Waals surface area contributed by atoms with Crippen LogP contribution < -0.4 is 5.32 Å². The molecule has 5 nitrogen and oxygen atoms in total. The first kappa shape index (κ1) is 21.1.